The van der Waals surface area contributed by atoms with Gasteiger partial charge in [0.1, 0.15) is 11.3 Å². The molecule has 1 aliphatic rings. The third kappa shape index (κ3) is 3.40. The van der Waals surface area contributed by atoms with Crippen molar-refractivity contribution in [1.29, 1.82) is 0 Å². The number of fused-ring (bicyclic) bond motifs is 1. The summed E-state index contributed by atoms with van der Waals surface area (Å²) in [5, 5.41) is 0.388. The molecule has 2 atom stereocenters. The SMILES string of the molecule is COc1ccc(Cl)cc1C(=O)O[C@@H](C)C(=O)N1c2ccccc2C[C@H]1C. The molecule has 1 heterocycles. The lowest BCUT2D eigenvalue weighted by Gasteiger charge is -2.26. The number of benzene rings is 2. The van der Waals surface area contributed by atoms with Gasteiger partial charge >= 0.3 is 5.97 Å². The van der Waals surface area contributed by atoms with Crippen LogP contribution in [0, 0.1) is 0 Å². The fraction of sp³-hybridized carbons (Fsp3) is 0.300. The van der Waals surface area contributed by atoms with Crippen LogP contribution in [-0.4, -0.2) is 31.1 Å². The van der Waals surface area contributed by atoms with E-state index in [4.69, 9.17) is 21.1 Å². The van der Waals surface area contributed by atoms with Crippen molar-refractivity contribution < 1.29 is 19.1 Å². The Labute approximate surface area is 157 Å². The van der Waals surface area contributed by atoms with E-state index in [1.165, 1.54) is 13.2 Å². The lowest BCUT2D eigenvalue weighted by atomic mass is 10.1. The van der Waals surface area contributed by atoms with Crippen molar-refractivity contribution in [3.05, 3.63) is 58.6 Å². The zero-order valence-corrected chi connectivity index (χ0v) is 15.6. The van der Waals surface area contributed by atoms with Gasteiger partial charge in [-0.3, -0.25) is 4.79 Å². The maximum atomic E-state index is 12.9. The molecule has 136 valence electrons. The standard InChI is InChI=1S/C20H20ClNO4/c1-12-10-14-6-4-5-7-17(14)22(12)19(23)13(2)26-20(24)16-11-15(21)8-9-18(16)25-3/h4-9,11-13H,10H2,1-3H3/t12-,13+/m1/s1. The Morgan fingerprint density at radius 2 is 1.96 bits per heavy atom. The predicted molar refractivity (Wildman–Crippen MR) is 100.0 cm³/mol. The van der Waals surface area contributed by atoms with E-state index < -0.39 is 12.1 Å². The van der Waals surface area contributed by atoms with E-state index in [9.17, 15) is 9.59 Å². The number of nitrogens with zero attached hydrogens (tertiary/aromatic N) is 1. The normalized spacial score (nSPS) is 16.8. The summed E-state index contributed by atoms with van der Waals surface area (Å²) in [4.78, 5) is 27.1. The average molecular weight is 374 g/mol. The largest absolute Gasteiger partial charge is 0.496 e. The lowest BCUT2D eigenvalue weighted by Crippen LogP contribution is -2.43. The predicted octanol–water partition coefficient (Wildman–Crippen LogP) is 3.87. The van der Waals surface area contributed by atoms with E-state index in [1.54, 1.807) is 24.0 Å². The Bertz CT molecular complexity index is 851. The second-order valence-electron chi connectivity index (χ2n) is 6.28. The van der Waals surface area contributed by atoms with Gasteiger partial charge in [0, 0.05) is 16.8 Å². The number of carbonyl (C=O) groups is 2. The van der Waals surface area contributed by atoms with Crippen LogP contribution in [0.4, 0.5) is 5.69 Å². The highest BCUT2D eigenvalue weighted by atomic mass is 35.5. The number of carbonyl (C=O) groups excluding carboxylic acids is 2. The van der Waals surface area contributed by atoms with E-state index in [1.807, 2.05) is 31.2 Å². The molecule has 0 fully saturated rings. The molecule has 0 saturated carbocycles. The van der Waals surface area contributed by atoms with Crippen LogP contribution in [0.2, 0.25) is 5.02 Å². The van der Waals surface area contributed by atoms with E-state index in [-0.39, 0.29) is 17.5 Å². The van der Waals surface area contributed by atoms with Gasteiger partial charge in [-0.25, -0.2) is 4.79 Å². The molecule has 1 amide bonds. The van der Waals surface area contributed by atoms with Gasteiger partial charge in [-0.1, -0.05) is 29.8 Å². The number of halogens is 1. The zero-order valence-electron chi connectivity index (χ0n) is 14.9. The van der Waals surface area contributed by atoms with E-state index in [0.717, 1.165) is 17.7 Å². The Kier molecular flexibility index (Phi) is 5.18. The van der Waals surface area contributed by atoms with Crippen LogP contribution in [0.1, 0.15) is 29.8 Å². The van der Waals surface area contributed by atoms with Crippen LogP contribution >= 0.6 is 11.6 Å². The summed E-state index contributed by atoms with van der Waals surface area (Å²) in [6.07, 6.45) is -0.148. The van der Waals surface area contributed by atoms with Gasteiger partial charge < -0.3 is 14.4 Å². The van der Waals surface area contributed by atoms with Gasteiger partial charge in [0.2, 0.25) is 0 Å². The third-order valence-electron chi connectivity index (χ3n) is 4.46. The molecule has 0 aliphatic carbocycles. The average Bonchev–Trinajstić information content (AvgIpc) is 2.96. The number of ether oxygens (including phenoxy) is 2. The van der Waals surface area contributed by atoms with Crippen molar-refractivity contribution in [2.24, 2.45) is 0 Å². The first-order chi connectivity index (χ1) is 12.4. The molecule has 26 heavy (non-hydrogen) atoms. The second kappa shape index (κ2) is 7.38. The quantitative estimate of drug-likeness (QED) is 0.763. The molecule has 0 saturated heterocycles. The number of anilines is 1. The van der Waals surface area contributed by atoms with Crippen LogP contribution in [0.25, 0.3) is 0 Å². The molecule has 6 heteroatoms. The number of hydrogen-bond donors (Lipinski definition) is 0. The molecule has 0 bridgehead atoms. The Morgan fingerprint density at radius 3 is 2.69 bits per heavy atom. The molecule has 0 unspecified atom stereocenters. The van der Waals surface area contributed by atoms with Crippen LogP contribution < -0.4 is 9.64 Å². The first kappa shape index (κ1) is 18.3. The molecule has 2 aromatic rings. The highest BCUT2D eigenvalue weighted by Gasteiger charge is 2.34. The van der Waals surface area contributed by atoms with Crippen molar-refractivity contribution in [3.8, 4) is 5.75 Å². The minimum atomic E-state index is -0.931. The molecule has 0 aromatic heterocycles. The number of amides is 1. The molecule has 0 N–H and O–H groups in total. The Balaban J connectivity index is 1.78. The van der Waals surface area contributed by atoms with Crippen LogP contribution in [-0.2, 0) is 16.0 Å². The molecule has 0 spiro atoms. The van der Waals surface area contributed by atoms with Crippen molar-refractivity contribution in [3.63, 3.8) is 0 Å². The third-order valence-corrected chi connectivity index (χ3v) is 4.69. The summed E-state index contributed by atoms with van der Waals surface area (Å²) in [5.41, 5.74) is 2.17. The first-order valence-corrected chi connectivity index (χ1v) is 8.75. The molecule has 1 aliphatic heterocycles. The van der Waals surface area contributed by atoms with Crippen molar-refractivity contribution in [1.82, 2.24) is 0 Å². The van der Waals surface area contributed by atoms with E-state index >= 15 is 0 Å². The number of hydrogen-bond acceptors (Lipinski definition) is 4. The fourth-order valence-corrected chi connectivity index (χ4v) is 3.38. The summed E-state index contributed by atoms with van der Waals surface area (Å²) >= 11 is 5.96. The Hall–Kier alpha value is -2.53. The van der Waals surface area contributed by atoms with Gasteiger partial charge in [-0.2, -0.15) is 0 Å². The fourth-order valence-electron chi connectivity index (χ4n) is 3.21. The minimum absolute atomic E-state index is 0.0155. The molecule has 5 nitrogen and oxygen atoms in total. The first-order valence-electron chi connectivity index (χ1n) is 8.38. The van der Waals surface area contributed by atoms with Gasteiger partial charge in [-0.15, -0.1) is 0 Å². The highest BCUT2D eigenvalue weighted by Crippen LogP contribution is 2.32. The van der Waals surface area contributed by atoms with Gasteiger partial charge in [-0.05, 0) is 50.1 Å². The minimum Gasteiger partial charge on any atom is -0.496 e. The summed E-state index contributed by atoms with van der Waals surface area (Å²) in [6, 6.07) is 12.4. The maximum Gasteiger partial charge on any atom is 0.342 e. The number of esters is 1. The van der Waals surface area contributed by atoms with Gasteiger partial charge in [0.15, 0.2) is 6.10 Å². The van der Waals surface area contributed by atoms with Crippen LogP contribution in [0.15, 0.2) is 42.5 Å². The molecule has 0 radical (unpaired) electrons. The van der Waals surface area contributed by atoms with Crippen molar-refractivity contribution >= 4 is 29.2 Å². The van der Waals surface area contributed by atoms with E-state index in [2.05, 4.69) is 0 Å². The van der Waals surface area contributed by atoms with Crippen molar-refractivity contribution in [2.75, 3.05) is 12.0 Å². The summed E-state index contributed by atoms with van der Waals surface area (Å²) in [6.45, 7) is 3.55. The molecular weight excluding hydrogens is 354 g/mol. The molecule has 2 aromatic carbocycles. The lowest BCUT2D eigenvalue weighted by molar-refractivity contribution is -0.126. The zero-order chi connectivity index (χ0) is 18.8. The summed E-state index contributed by atoms with van der Waals surface area (Å²) < 4.78 is 10.6. The Morgan fingerprint density at radius 1 is 1.23 bits per heavy atom. The van der Waals surface area contributed by atoms with E-state index in [0.29, 0.717) is 10.8 Å². The number of rotatable bonds is 4. The summed E-state index contributed by atoms with van der Waals surface area (Å²) in [5.74, 6) is -0.555. The van der Waals surface area contributed by atoms with Crippen molar-refractivity contribution in [2.45, 2.75) is 32.4 Å². The van der Waals surface area contributed by atoms with Gasteiger partial charge in [0.25, 0.3) is 5.91 Å². The van der Waals surface area contributed by atoms with Gasteiger partial charge in [0.05, 0.1) is 7.11 Å². The number of methoxy groups -OCH3 is 1. The second-order valence-corrected chi connectivity index (χ2v) is 6.72. The molecule has 3 rings (SSSR count). The molecular formula is C20H20ClNO4. The maximum absolute atomic E-state index is 12.9. The monoisotopic (exact) mass is 373 g/mol. The smallest absolute Gasteiger partial charge is 0.342 e. The topological polar surface area (TPSA) is 55.8 Å². The number of para-hydroxylation sites is 1. The highest BCUT2D eigenvalue weighted by molar-refractivity contribution is 6.31. The van der Waals surface area contributed by atoms with Crippen LogP contribution in [0.5, 0.6) is 5.75 Å². The van der Waals surface area contributed by atoms with Crippen LogP contribution in [0.3, 0.4) is 0 Å². The summed E-state index contributed by atoms with van der Waals surface area (Å²) in [7, 11) is 1.46.